The third kappa shape index (κ3) is 3.26. The number of fused-ring (bicyclic) bond motifs is 1. The highest BCUT2D eigenvalue weighted by molar-refractivity contribution is 5.59. The Morgan fingerprint density at radius 3 is 2.85 bits per heavy atom. The van der Waals surface area contributed by atoms with Crippen LogP contribution in [0, 0.1) is 11.8 Å². The van der Waals surface area contributed by atoms with E-state index in [-0.39, 0.29) is 0 Å². The van der Waals surface area contributed by atoms with Crippen LogP contribution in [0.4, 0.5) is 5.69 Å². The van der Waals surface area contributed by atoms with Gasteiger partial charge >= 0.3 is 0 Å². The van der Waals surface area contributed by atoms with Crippen LogP contribution in [0.25, 0.3) is 0 Å². The molecule has 1 aromatic rings. The molecule has 0 radical (unpaired) electrons. The van der Waals surface area contributed by atoms with Crippen LogP contribution in [0.5, 0.6) is 5.75 Å². The van der Waals surface area contributed by atoms with Crippen molar-refractivity contribution < 1.29 is 4.74 Å². The molecule has 2 aliphatic rings. The first-order chi connectivity index (χ1) is 9.70. The highest BCUT2D eigenvalue weighted by Gasteiger charge is 2.21. The average Bonchev–Trinajstić information content (AvgIpc) is 2.44. The number of ether oxygens (including phenoxy) is 1. The summed E-state index contributed by atoms with van der Waals surface area (Å²) in [6, 6.07) is 6.58. The van der Waals surface area contributed by atoms with Crippen LogP contribution in [-0.4, -0.2) is 37.7 Å². The number of nitrogens with one attached hydrogen (secondary N) is 1. The average molecular weight is 274 g/mol. The Hall–Kier alpha value is -1.22. The van der Waals surface area contributed by atoms with Crippen molar-refractivity contribution in [2.75, 3.05) is 38.1 Å². The van der Waals surface area contributed by atoms with Gasteiger partial charge in [-0.15, -0.1) is 0 Å². The number of benzene rings is 1. The van der Waals surface area contributed by atoms with Crippen LogP contribution < -0.4 is 10.1 Å². The lowest BCUT2D eigenvalue weighted by molar-refractivity contribution is 0.142. The van der Waals surface area contributed by atoms with E-state index in [9.17, 15) is 0 Å². The van der Waals surface area contributed by atoms with Gasteiger partial charge in [-0.2, -0.15) is 0 Å². The molecule has 3 heteroatoms. The molecule has 3 nitrogen and oxygen atoms in total. The normalized spacial score (nSPS) is 26.5. The molecule has 0 saturated carbocycles. The third-order valence-electron chi connectivity index (χ3n) is 4.38. The van der Waals surface area contributed by atoms with Gasteiger partial charge in [0.25, 0.3) is 0 Å². The second-order valence-corrected chi connectivity index (χ2v) is 6.56. The van der Waals surface area contributed by atoms with Crippen molar-refractivity contribution in [2.45, 2.75) is 26.7 Å². The van der Waals surface area contributed by atoms with Crippen LogP contribution in [0.1, 0.15) is 25.8 Å². The quantitative estimate of drug-likeness (QED) is 0.917. The van der Waals surface area contributed by atoms with Crippen molar-refractivity contribution in [3.05, 3.63) is 23.8 Å². The summed E-state index contributed by atoms with van der Waals surface area (Å²) < 4.78 is 5.63. The summed E-state index contributed by atoms with van der Waals surface area (Å²) in [6.45, 7) is 10.1. The Morgan fingerprint density at radius 2 is 2.05 bits per heavy atom. The zero-order valence-electron chi connectivity index (χ0n) is 12.7. The molecule has 20 heavy (non-hydrogen) atoms. The topological polar surface area (TPSA) is 24.5 Å². The first kappa shape index (κ1) is 13.7. The van der Waals surface area contributed by atoms with E-state index in [1.54, 1.807) is 0 Å². The van der Waals surface area contributed by atoms with Crippen molar-refractivity contribution in [3.8, 4) is 5.75 Å². The Bertz CT molecular complexity index is 450. The fourth-order valence-corrected chi connectivity index (χ4v) is 3.61. The first-order valence-electron chi connectivity index (χ1n) is 7.92. The molecule has 0 aliphatic carbocycles. The van der Waals surface area contributed by atoms with Gasteiger partial charge in [-0.1, -0.05) is 19.9 Å². The number of anilines is 1. The lowest BCUT2D eigenvalue weighted by atomic mass is 9.91. The van der Waals surface area contributed by atoms with Crippen LogP contribution in [0.3, 0.4) is 0 Å². The molecule has 2 atom stereocenters. The zero-order valence-corrected chi connectivity index (χ0v) is 12.7. The fourth-order valence-electron chi connectivity index (χ4n) is 3.61. The maximum absolute atomic E-state index is 5.63. The van der Waals surface area contributed by atoms with Crippen LogP contribution in [0.2, 0.25) is 0 Å². The summed E-state index contributed by atoms with van der Waals surface area (Å²) in [5.74, 6) is 2.69. The lowest BCUT2D eigenvalue weighted by Gasteiger charge is -2.35. The fraction of sp³-hybridized carbons (Fsp3) is 0.647. The molecule has 110 valence electrons. The molecule has 0 spiro atoms. The molecular formula is C17H26N2O. The Kier molecular flexibility index (Phi) is 4.16. The lowest BCUT2D eigenvalue weighted by Crippen LogP contribution is -2.39. The van der Waals surface area contributed by atoms with Gasteiger partial charge in [0.05, 0.1) is 5.69 Å². The number of nitrogens with zero attached hydrogens (tertiary/aromatic N) is 1. The minimum atomic E-state index is 0.774. The van der Waals surface area contributed by atoms with Crippen LogP contribution >= 0.6 is 0 Å². The molecule has 0 amide bonds. The van der Waals surface area contributed by atoms with E-state index in [1.807, 2.05) is 0 Å². The van der Waals surface area contributed by atoms with Crippen molar-refractivity contribution in [2.24, 2.45) is 11.8 Å². The van der Waals surface area contributed by atoms with Gasteiger partial charge in [-0.05, 0) is 42.4 Å². The highest BCUT2D eigenvalue weighted by Crippen LogP contribution is 2.28. The van der Waals surface area contributed by atoms with Gasteiger partial charge in [-0.25, -0.2) is 0 Å². The van der Waals surface area contributed by atoms with Gasteiger partial charge < -0.3 is 15.0 Å². The van der Waals surface area contributed by atoms with E-state index in [0.29, 0.717) is 0 Å². The second kappa shape index (κ2) is 6.04. The molecule has 1 fully saturated rings. The summed E-state index contributed by atoms with van der Waals surface area (Å²) in [5, 5.41) is 3.42. The monoisotopic (exact) mass is 274 g/mol. The summed E-state index contributed by atoms with van der Waals surface area (Å²) >= 11 is 0. The van der Waals surface area contributed by atoms with Crippen molar-refractivity contribution >= 4 is 5.69 Å². The summed E-state index contributed by atoms with van der Waals surface area (Å²) in [4.78, 5) is 2.63. The number of rotatable bonds is 3. The largest absolute Gasteiger partial charge is 0.490 e. The summed E-state index contributed by atoms with van der Waals surface area (Å²) in [7, 11) is 0. The molecule has 0 aromatic heterocycles. The molecule has 0 bridgehead atoms. The number of piperidine rings is 1. The Labute approximate surface area is 122 Å². The van der Waals surface area contributed by atoms with Gasteiger partial charge in [0.15, 0.2) is 0 Å². The second-order valence-electron chi connectivity index (χ2n) is 6.56. The van der Waals surface area contributed by atoms with Crippen LogP contribution in [0.15, 0.2) is 18.2 Å². The molecule has 1 aromatic carbocycles. The SMILES string of the molecule is CC1CC(C)CN(CCc2ccc3c(c2)NCCO3)C1. The van der Waals surface area contributed by atoms with Crippen LogP contribution in [-0.2, 0) is 6.42 Å². The predicted octanol–water partition coefficient (Wildman–Crippen LogP) is 3.01. The predicted molar refractivity (Wildman–Crippen MR) is 83.5 cm³/mol. The molecular weight excluding hydrogens is 248 g/mol. The Morgan fingerprint density at radius 1 is 1.25 bits per heavy atom. The van der Waals surface area contributed by atoms with Gasteiger partial charge in [-0.3, -0.25) is 0 Å². The van der Waals surface area contributed by atoms with Crippen molar-refractivity contribution in [3.63, 3.8) is 0 Å². The third-order valence-corrected chi connectivity index (χ3v) is 4.38. The maximum atomic E-state index is 5.63. The van der Waals surface area contributed by atoms with E-state index in [0.717, 1.165) is 42.8 Å². The molecule has 1 saturated heterocycles. The van der Waals surface area contributed by atoms with E-state index in [2.05, 4.69) is 42.3 Å². The Balaban J connectivity index is 1.58. The number of likely N-dealkylation sites (tertiary alicyclic amines) is 1. The molecule has 3 rings (SSSR count). The molecule has 2 aliphatic heterocycles. The molecule has 2 unspecified atom stereocenters. The summed E-state index contributed by atoms with van der Waals surface area (Å²) in [5.41, 5.74) is 2.57. The van der Waals surface area contributed by atoms with E-state index in [4.69, 9.17) is 4.74 Å². The maximum Gasteiger partial charge on any atom is 0.142 e. The zero-order chi connectivity index (χ0) is 13.9. The van der Waals surface area contributed by atoms with E-state index < -0.39 is 0 Å². The van der Waals surface area contributed by atoms with Crippen molar-refractivity contribution in [1.82, 2.24) is 4.90 Å². The first-order valence-corrected chi connectivity index (χ1v) is 7.92. The smallest absolute Gasteiger partial charge is 0.142 e. The minimum Gasteiger partial charge on any atom is -0.490 e. The number of hydrogen-bond donors (Lipinski definition) is 1. The van der Waals surface area contributed by atoms with E-state index >= 15 is 0 Å². The summed E-state index contributed by atoms with van der Waals surface area (Å²) in [6.07, 6.45) is 2.52. The van der Waals surface area contributed by atoms with Gasteiger partial charge in [0.2, 0.25) is 0 Å². The molecule has 1 N–H and O–H groups in total. The number of hydrogen-bond acceptors (Lipinski definition) is 3. The highest BCUT2D eigenvalue weighted by atomic mass is 16.5. The molecule has 2 heterocycles. The van der Waals surface area contributed by atoms with Gasteiger partial charge in [0, 0.05) is 26.2 Å². The van der Waals surface area contributed by atoms with Crippen molar-refractivity contribution in [1.29, 1.82) is 0 Å². The standard InChI is InChI=1S/C17H26N2O/c1-13-9-14(2)12-19(11-13)7-5-15-3-4-17-16(10-15)18-6-8-20-17/h3-4,10,13-14,18H,5-9,11-12H2,1-2H3. The van der Waals surface area contributed by atoms with Gasteiger partial charge in [0.1, 0.15) is 12.4 Å². The van der Waals surface area contributed by atoms with E-state index in [1.165, 1.54) is 31.6 Å². The minimum absolute atomic E-state index is 0.774.